The predicted octanol–water partition coefficient (Wildman–Crippen LogP) is 3.65. The highest BCUT2D eigenvalue weighted by Gasteiger charge is 2.21. The van der Waals surface area contributed by atoms with Gasteiger partial charge in [-0.2, -0.15) is 0 Å². The summed E-state index contributed by atoms with van der Waals surface area (Å²) < 4.78 is 28.2. The zero-order chi connectivity index (χ0) is 24.0. The van der Waals surface area contributed by atoms with E-state index in [0.29, 0.717) is 39.2 Å². The summed E-state index contributed by atoms with van der Waals surface area (Å²) in [6.07, 6.45) is 2.13. The third kappa shape index (κ3) is 6.41. The first-order valence-corrected chi connectivity index (χ1v) is 12.4. The molecule has 1 unspecified atom stereocenters. The number of hydrogen-bond donors (Lipinski definition) is 4. The van der Waals surface area contributed by atoms with Gasteiger partial charge >= 0.3 is 0 Å². The van der Waals surface area contributed by atoms with Gasteiger partial charge in [-0.05, 0) is 36.2 Å². The third-order valence-electron chi connectivity index (χ3n) is 4.96. The molecule has 0 fully saturated rings. The average Bonchev–Trinajstić information content (AvgIpc) is 2.82. The molecule has 8 nitrogen and oxygen atoms in total. The van der Waals surface area contributed by atoms with Crippen molar-refractivity contribution in [1.82, 2.24) is 14.7 Å². The van der Waals surface area contributed by atoms with Gasteiger partial charge in [-0.15, -0.1) is 0 Å². The molecular formula is C22H24Cl2N4O4S. The van der Waals surface area contributed by atoms with Gasteiger partial charge in [-0.1, -0.05) is 54.4 Å². The summed E-state index contributed by atoms with van der Waals surface area (Å²) in [5, 5.41) is 22.8. The highest BCUT2D eigenvalue weighted by molar-refractivity contribution is 7.89. The number of sulfonamides is 1. The first-order valence-electron chi connectivity index (χ1n) is 10.2. The molecule has 0 aliphatic carbocycles. The van der Waals surface area contributed by atoms with Gasteiger partial charge < -0.3 is 15.5 Å². The lowest BCUT2D eigenvalue weighted by molar-refractivity contribution is 0.259. The predicted molar refractivity (Wildman–Crippen MR) is 129 cm³/mol. The number of aromatic nitrogens is 2. The Morgan fingerprint density at radius 2 is 1.79 bits per heavy atom. The SMILES string of the molecule is CC[C@@H](CO)Nc1ncc(Cl)c(-c2ccc(S(=O)(=O)NC(CO)c3cccc(Cl)c3)cc2)n1. The summed E-state index contributed by atoms with van der Waals surface area (Å²) in [7, 11) is -3.93. The van der Waals surface area contributed by atoms with Crippen molar-refractivity contribution < 1.29 is 18.6 Å². The maximum Gasteiger partial charge on any atom is 0.241 e. The van der Waals surface area contributed by atoms with Crippen molar-refractivity contribution in [3.8, 4) is 11.3 Å². The van der Waals surface area contributed by atoms with E-state index in [1.807, 2.05) is 6.92 Å². The Morgan fingerprint density at radius 3 is 2.39 bits per heavy atom. The van der Waals surface area contributed by atoms with Crippen LogP contribution in [0.2, 0.25) is 10.0 Å². The summed E-state index contributed by atoms with van der Waals surface area (Å²) in [6, 6.07) is 11.6. The standard InChI is InChI=1S/C22H24Cl2N4O4S/c1-2-17(12-29)26-22-25-11-19(24)21(27-22)14-6-8-18(9-7-14)33(31,32)28-20(13-30)15-4-3-5-16(23)10-15/h3-11,17,20,28-30H,2,12-13H2,1H3,(H,25,26,27)/t17-,20?/m0/s1. The Balaban J connectivity index is 1.83. The molecule has 0 aliphatic rings. The average molecular weight is 511 g/mol. The molecule has 0 spiro atoms. The van der Waals surface area contributed by atoms with Gasteiger partial charge in [-0.25, -0.2) is 23.1 Å². The number of hydrogen-bond acceptors (Lipinski definition) is 7. The van der Waals surface area contributed by atoms with Crippen molar-refractivity contribution in [2.24, 2.45) is 0 Å². The van der Waals surface area contributed by atoms with Crippen molar-refractivity contribution in [1.29, 1.82) is 0 Å². The Hall–Kier alpha value is -2.27. The minimum absolute atomic E-state index is 0.0154. The molecule has 3 aromatic rings. The van der Waals surface area contributed by atoms with E-state index in [-0.39, 0.29) is 17.5 Å². The van der Waals surface area contributed by atoms with E-state index in [1.165, 1.54) is 18.3 Å². The van der Waals surface area contributed by atoms with Gasteiger partial charge in [0, 0.05) is 10.6 Å². The fourth-order valence-corrected chi connectivity index (χ4v) is 4.69. The fraction of sp³-hybridized carbons (Fsp3) is 0.273. The summed E-state index contributed by atoms with van der Waals surface area (Å²) in [4.78, 5) is 8.55. The van der Waals surface area contributed by atoms with E-state index in [9.17, 15) is 18.6 Å². The van der Waals surface area contributed by atoms with Crippen molar-refractivity contribution in [3.63, 3.8) is 0 Å². The van der Waals surface area contributed by atoms with Crippen molar-refractivity contribution in [2.75, 3.05) is 18.5 Å². The van der Waals surface area contributed by atoms with E-state index in [4.69, 9.17) is 23.2 Å². The second kappa shape index (κ2) is 11.2. The Morgan fingerprint density at radius 1 is 1.06 bits per heavy atom. The minimum atomic E-state index is -3.93. The largest absolute Gasteiger partial charge is 0.394 e. The Kier molecular flexibility index (Phi) is 8.63. The van der Waals surface area contributed by atoms with Crippen LogP contribution in [0.15, 0.2) is 59.6 Å². The summed E-state index contributed by atoms with van der Waals surface area (Å²) in [6.45, 7) is 1.42. The van der Waals surface area contributed by atoms with Gasteiger partial charge in [0.05, 0.1) is 47.1 Å². The Bertz CT molecular complexity index is 1190. The molecule has 0 amide bonds. The third-order valence-corrected chi connectivity index (χ3v) is 6.96. The number of nitrogens with one attached hydrogen (secondary N) is 2. The molecule has 1 aromatic heterocycles. The lowest BCUT2D eigenvalue weighted by Crippen LogP contribution is -2.30. The van der Waals surface area contributed by atoms with E-state index >= 15 is 0 Å². The van der Waals surface area contributed by atoms with Gasteiger partial charge in [0.1, 0.15) is 0 Å². The Labute approximate surface area is 202 Å². The van der Waals surface area contributed by atoms with Crippen LogP contribution >= 0.6 is 23.2 Å². The van der Waals surface area contributed by atoms with Crippen LogP contribution in [-0.2, 0) is 10.0 Å². The zero-order valence-electron chi connectivity index (χ0n) is 17.7. The van der Waals surface area contributed by atoms with Crippen LogP contribution in [0.3, 0.4) is 0 Å². The maximum absolute atomic E-state index is 12.9. The first-order chi connectivity index (χ1) is 15.8. The maximum atomic E-state index is 12.9. The first kappa shape index (κ1) is 25.4. The highest BCUT2D eigenvalue weighted by Crippen LogP contribution is 2.28. The van der Waals surface area contributed by atoms with Gasteiger partial charge in [-0.3, -0.25) is 0 Å². The fourth-order valence-electron chi connectivity index (χ4n) is 3.08. The molecule has 0 aliphatic heterocycles. The van der Waals surface area contributed by atoms with Gasteiger partial charge in [0.2, 0.25) is 16.0 Å². The van der Waals surface area contributed by atoms with Crippen LogP contribution in [0, 0.1) is 0 Å². The second-order valence-corrected chi connectivity index (χ2v) is 9.82. The number of anilines is 1. The van der Waals surface area contributed by atoms with Gasteiger partial charge in [0.15, 0.2) is 0 Å². The van der Waals surface area contributed by atoms with Crippen LogP contribution in [0.5, 0.6) is 0 Å². The summed E-state index contributed by atoms with van der Waals surface area (Å²) in [5.74, 6) is 0.306. The lowest BCUT2D eigenvalue weighted by atomic mass is 10.1. The quantitative estimate of drug-likeness (QED) is 0.328. The topological polar surface area (TPSA) is 124 Å². The molecule has 33 heavy (non-hydrogen) atoms. The van der Waals surface area contributed by atoms with E-state index < -0.39 is 22.7 Å². The molecule has 1 heterocycles. The summed E-state index contributed by atoms with van der Waals surface area (Å²) >= 11 is 12.2. The van der Waals surface area contributed by atoms with Crippen LogP contribution < -0.4 is 10.0 Å². The van der Waals surface area contributed by atoms with Crippen molar-refractivity contribution in [2.45, 2.75) is 30.3 Å². The lowest BCUT2D eigenvalue weighted by Gasteiger charge is -2.17. The second-order valence-electron chi connectivity index (χ2n) is 7.26. The van der Waals surface area contributed by atoms with E-state index in [1.54, 1.807) is 36.4 Å². The normalized spacial score (nSPS) is 13.5. The van der Waals surface area contributed by atoms with Crippen LogP contribution in [0.25, 0.3) is 11.3 Å². The molecule has 11 heteroatoms. The number of rotatable bonds is 10. The summed E-state index contributed by atoms with van der Waals surface area (Å²) in [5.41, 5.74) is 1.56. The molecular weight excluding hydrogens is 487 g/mol. The molecule has 0 bridgehead atoms. The van der Waals surface area contributed by atoms with Crippen molar-refractivity contribution in [3.05, 3.63) is 70.3 Å². The molecule has 2 aromatic carbocycles. The van der Waals surface area contributed by atoms with Crippen LogP contribution in [0.4, 0.5) is 5.95 Å². The van der Waals surface area contributed by atoms with Crippen LogP contribution in [-0.4, -0.2) is 47.9 Å². The van der Waals surface area contributed by atoms with Crippen LogP contribution in [0.1, 0.15) is 24.9 Å². The zero-order valence-corrected chi connectivity index (χ0v) is 20.1. The number of benzene rings is 2. The number of aliphatic hydroxyl groups is 2. The van der Waals surface area contributed by atoms with E-state index in [2.05, 4.69) is 20.0 Å². The molecule has 176 valence electrons. The molecule has 0 radical (unpaired) electrons. The number of nitrogens with zero attached hydrogens (tertiary/aromatic N) is 2. The molecule has 3 rings (SSSR count). The van der Waals surface area contributed by atoms with E-state index in [0.717, 1.165) is 0 Å². The monoisotopic (exact) mass is 510 g/mol. The van der Waals surface area contributed by atoms with Gasteiger partial charge in [0.25, 0.3) is 0 Å². The van der Waals surface area contributed by atoms with Crippen molar-refractivity contribution >= 4 is 39.2 Å². The molecule has 4 N–H and O–H groups in total. The molecule has 0 saturated carbocycles. The smallest absolute Gasteiger partial charge is 0.241 e. The number of aliphatic hydroxyl groups excluding tert-OH is 2. The molecule has 2 atom stereocenters. The highest BCUT2D eigenvalue weighted by atomic mass is 35.5. The minimum Gasteiger partial charge on any atom is -0.394 e. The number of halogens is 2. The molecule has 0 saturated heterocycles.